The van der Waals surface area contributed by atoms with Crippen LogP contribution in [0.4, 0.5) is 0 Å². The molecular weight excluding hydrogens is 566 g/mol. The summed E-state index contributed by atoms with van der Waals surface area (Å²) in [6.07, 6.45) is 0. The Hall–Kier alpha value is -3.69. The van der Waals surface area contributed by atoms with Crippen LogP contribution in [0.3, 0.4) is 0 Å². The minimum absolute atomic E-state index is 0. The summed E-state index contributed by atoms with van der Waals surface area (Å²) in [7, 11) is 8.90. The van der Waals surface area contributed by atoms with Crippen LogP contribution < -0.4 is 44.8 Å². The zero-order chi connectivity index (χ0) is 30.5. The van der Waals surface area contributed by atoms with Gasteiger partial charge >= 0.3 is 0 Å². The molecule has 0 atom stereocenters. The van der Waals surface area contributed by atoms with Gasteiger partial charge in [-0.1, -0.05) is 0 Å². The van der Waals surface area contributed by atoms with E-state index in [2.05, 4.69) is 10.6 Å². The van der Waals surface area contributed by atoms with Crippen molar-refractivity contribution in [2.75, 3.05) is 82.1 Å². The molecule has 0 aliphatic rings. The third-order valence-corrected chi connectivity index (χ3v) is 4.78. The van der Waals surface area contributed by atoms with E-state index in [4.69, 9.17) is 49.5 Å². The number of nitrogens with one attached hydrogen (secondary N) is 2. The summed E-state index contributed by atoms with van der Waals surface area (Å²) in [6.45, 7) is 0.622. The third kappa shape index (κ3) is 13.0. The van der Waals surface area contributed by atoms with E-state index in [9.17, 15) is 9.59 Å². The van der Waals surface area contributed by atoms with Crippen LogP contribution in [-0.4, -0.2) is 109 Å². The minimum Gasteiger partial charge on any atom is -0.493 e. The molecule has 2 aromatic carbocycles. The average molecular weight is 608 g/mol. The van der Waals surface area contributed by atoms with Crippen molar-refractivity contribution in [3.63, 3.8) is 0 Å². The van der Waals surface area contributed by atoms with Crippen LogP contribution in [0.1, 0.15) is 20.7 Å². The first-order valence-corrected chi connectivity index (χ1v) is 12.0. The second-order valence-electron chi connectivity index (χ2n) is 7.30. The lowest BCUT2D eigenvalue weighted by atomic mass is 10.1. The number of amides is 2. The van der Waals surface area contributed by atoms with Crippen molar-refractivity contribution in [3.05, 3.63) is 35.4 Å². The van der Waals surface area contributed by atoms with Crippen LogP contribution in [0.2, 0.25) is 0 Å². The molecule has 0 saturated heterocycles. The quantitative estimate of drug-likeness (QED) is 0.181. The summed E-state index contributed by atoms with van der Waals surface area (Å²) < 4.78 is 30.9. The van der Waals surface area contributed by atoms with Gasteiger partial charge in [0.25, 0.3) is 11.8 Å². The molecular formula is C26H42ClN3O11. The van der Waals surface area contributed by atoms with E-state index in [1.165, 1.54) is 42.7 Å². The number of hydrogen-bond donors (Lipinski definition) is 6. The Labute approximate surface area is 246 Å². The Morgan fingerprint density at radius 1 is 0.610 bits per heavy atom. The predicted molar refractivity (Wildman–Crippen MR) is 154 cm³/mol. The van der Waals surface area contributed by atoms with Gasteiger partial charge in [-0.3, -0.25) is 9.59 Å². The van der Waals surface area contributed by atoms with Gasteiger partial charge < -0.3 is 60.1 Å². The van der Waals surface area contributed by atoms with Crippen LogP contribution >= 0.6 is 12.4 Å². The summed E-state index contributed by atoms with van der Waals surface area (Å²) >= 11 is 0. The van der Waals surface area contributed by atoms with Crippen molar-refractivity contribution < 1.29 is 53.3 Å². The van der Waals surface area contributed by atoms with Gasteiger partial charge in [-0.15, -0.1) is 12.4 Å². The van der Waals surface area contributed by atoms with Crippen molar-refractivity contribution in [3.8, 4) is 34.5 Å². The van der Waals surface area contributed by atoms with Crippen LogP contribution in [-0.2, 0) is 0 Å². The maximum Gasteiger partial charge on any atom is 0.251 e. The first-order valence-electron chi connectivity index (χ1n) is 12.0. The maximum atomic E-state index is 11.8. The fraction of sp³-hybridized carbons (Fsp3) is 0.462. The number of methoxy groups -OCH3 is 6. The zero-order valence-corrected chi connectivity index (χ0v) is 25.0. The van der Waals surface area contributed by atoms with Gasteiger partial charge in [0.1, 0.15) is 0 Å². The number of halogens is 1. The van der Waals surface area contributed by atoms with Crippen LogP contribution in [0, 0.1) is 0 Å². The topological polar surface area (TPSA) is 200 Å². The molecule has 0 aromatic heterocycles. The normalized spacial score (nSPS) is 9.32. The van der Waals surface area contributed by atoms with Gasteiger partial charge in [-0.05, 0) is 24.3 Å². The van der Waals surface area contributed by atoms with Gasteiger partial charge in [0.15, 0.2) is 23.0 Å². The fourth-order valence-corrected chi connectivity index (χ4v) is 2.97. The van der Waals surface area contributed by atoms with E-state index < -0.39 is 0 Å². The number of benzene rings is 2. The van der Waals surface area contributed by atoms with E-state index in [-0.39, 0.29) is 57.1 Å². The first-order chi connectivity index (χ1) is 19.3. The number of aliphatic hydroxyl groups is 3. The largest absolute Gasteiger partial charge is 0.493 e. The molecule has 2 amide bonds. The summed E-state index contributed by atoms with van der Waals surface area (Å²) in [4.78, 5) is 23.5. The lowest BCUT2D eigenvalue weighted by Crippen LogP contribution is -2.26. The molecule has 2 aromatic rings. The molecule has 7 N–H and O–H groups in total. The van der Waals surface area contributed by atoms with Crippen LogP contribution in [0.25, 0.3) is 0 Å². The van der Waals surface area contributed by atoms with Crippen LogP contribution in [0.15, 0.2) is 24.3 Å². The van der Waals surface area contributed by atoms with E-state index in [0.29, 0.717) is 52.2 Å². The number of carbonyl (C=O) groups excluding carboxylic acids is 2. The summed E-state index contributed by atoms with van der Waals surface area (Å²) in [5, 5.41) is 30.2. The number of aliphatic hydroxyl groups excluding tert-OH is 3. The Bertz CT molecular complexity index is 910. The average Bonchev–Trinajstić information content (AvgIpc) is 3.00. The van der Waals surface area contributed by atoms with Gasteiger partial charge in [0.05, 0.1) is 62.5 Å². The number of ether oxygens (including phenoxy) is 6. The van der Waals surface area contributed by atoms with Gasteiger partial charge in [-0.2, -0.15) is 0 Å². The molecule has 0 heterocycles. The predicted octanol–water partition coefficient (Wildman–Crippen LogP) is 0.228. The Morgan fingerprint density at radius 2 is 0.878 bits per heavy atom. The molecule has 0 unspecified atom stereocenters. The Morgan fingerprint density at radius 3 is 1.05 bits per heavy atom. The van der Waals surface area contributed by atoms with Gasteiger partial charge in [0, 0.05) is 30.8 Å². The first kappa shape index (κ1) is 39.5. The summed E-state index contributed by atoms with van der Waals surface area (Å²) in [5.41, 5.74) is 5.52. The summed E-state index contributed by atoms with van der Waals surface area (Å²) in [6, 6.07) is 6.20. The van der Waals surface area contributed by atoms with E-state index in [1.807, 2.05) is 0 Å². The molecule has 41 heavy (non-hydrogen) atoms. The van der Waals surface area contributed by atoms with Crippen molar-refractivity contribution in [1.82, 2.24) is 10.6 Å². The highest BCUT2D eigenvalue weighted by molar-refractivity contribution is 5.96. The van der Waals surface area contributed by atoms with E-state index >= 15 is 0 Å². The molecule has 0 fully saturated rings. The molecule has 0 radical (unpaired) electrons. The minimum atomic E-state index is -0.316. The van der Waals surface area contributed by atoms with E-state index in [1.54, 1.807) is 24.3 Å². The highest BCUT2D eigenvalue weighted by atomic mass is 35.5. The van der Waals surface area contributed by atoms with Crippen molar-refractivity contribution in [2.24, 2.45) is 5.73 Å². The van der Waals surface area contributed by atoms with Crippen molar-refractivity contribution in [1.29, 1.82) is 0 Å². The maximum absolute atomic E-state index is 11.8. The lowest BCUT2D eigenvalue weighted by Gasteiger charge is -2.13. The van der Waals surface area contributed by atoms with Gasteiger partial charge in [0.2, 0.25) is 11.5 Å². The number of nitrogens with two attached hydrogens (primary N) is 1. The van der Waals surface area contributed by atoms with Crippen molar-refractivity contribution >= 4 is 24.2 Å². The Balaban J connectivity index is 0. The number of rotatable bonds is 13. The summed E-state index contributed by atoms with van der Waals surface area (Å²) in [5.74, 6) is 1.86. The Kier molecular flexibility index (Phi) is 22.2. The molecule has 0 aliphatic heterocycles. The molecule has 0 spiro atoms. The second-order valence-corrected chi connectivity index (χ2v) is 7.30. The lowest BCUT2D eigenvalue weighted by molar-refractivity contribution is 0.0936. The smallest absolute Gasteiger partial charge is 0.251 e. The monoisotopic (exact) mass is 607 g/mol. The molecule has 2 rings (SSSR count). The number of carbonyl (C=O) groups is 2. The highest BCUT2D eigenvalue weighted by Crippen LogP contribution is 2.39. The van der Waals surface area contributed by atoms with Gasteiger partial charge in [-0.25, -0.2) is 0 Å². The molecule has 0 saturated carbocycles. The van der Waals surface area contributed by atoms with Crippen molar-refractivity contribution in [2.45, 2.75) is 0 Å². The fourth-order valence-electron chi connectivity index (χ4n) is 2.97. The molecule has 234 valence electrons. The molecule has 0 aliphatic carbocycles. The van der Waals surface area contributed by atoms with Crippen LogP contribution in [0.5, 0.6) is 34.5 Å². The molecule has 0 bridgehead atoms. The van der Waals surface area contributed by atoms with E-state index in [0.717, 1.165) is 0 Å². The second kappa shape index (κ2) is 23.1. The zero-order valence-electron chi connectivity index (χ0n) is 24.1. The third-order valence-electron chi connectivity index (χ3n) is 4.78. The SMILES string of the molecule is COc1cc(C(=O)NCCO)cc(OC)c1OC.COc1cc(C(=O)NCCO)cc(OC)c1OC.Cl.NCCO. The molecule has 15 heteroatoms. The standard InChI is InChI=1S/2C12H17NO5.C2H7NO.ClH/c2*1-16-9-6-8(12(15)13-4-5-14)7-10(17-2)11(9)18-3;3-1-2-4;/h2*6-7,14H,4-5H2,1-3H3,(H,13,15);4H,1-3H2;1H. The number of hydrogen-bond acceptors (Lipinski definition) is 12. The highest BCUT2D eigenvalue weighted by Gasteiger charge is 2.17. The molecule has 14 nitrogen and oxygen atoms in total.